The van der Waals surface area contributed by atoms with Crippen LogP contribution < -0.4 is 11.1 Å². The lowest BCUT2D eigenvalue weighted by Gasteiger charge is -2.26. The summed E-state index contributed by atoms with van der Waals surface area (Å²) in [4.78, 5) is 11.9. The molecule has 0 heterocycles. The number of amides is 1. The standard InChI is InChI=1S/C15H21BrN2O2/c16-12-3-1-11(2-4-12)15(19)18-9-10-20-14-7-5-13(17)6-8-14/h1-4,13-14H,5-10,17H2,(H,18,19). The van der Waals surface area contributed by atoms with Gasteiger partial charge in [-0.15, -0.1) is 0 Å². The predicted octanol–water partition coefficient (Wildman–Crippen LogP) is 2.47. The predicted molar refractivity (Wildman–Crippen MR) is 82.7 cm³/mol. The van der Waals surface area contributed by atoms with Gasteiger partial charge in [-0.2, -0.15) is 0 Å². The molecule has 0 bridgehead atoms. The molecule has 3 N–H and O–H groups in total. The molecule has 0 saturated heterocycles. The molecule has 0 aromatic heterocycles. The van der Waals surface area contributed by atoms with Gasteiger partial charge in [0.05, 0.1) is 12.7 Å². The van der Waals surface area contributed by atoms with Gasteiger partial charge in [-0.05, 0) is 49.9 Å². The average molecular weight is 341 g/mol. The molecule has 0 aliphatic heterocycles. The van der Waals surface area contributed by atoms with Gasteiger partial charge >= 0.3 is 0 Å². The van der Waals surface area contributed by atoms with E-state index in [9.17, 15) is 4.79 Å². The van der Waals surface area contributed by atoms with Crippen LogP contribution in [0.15, 0.2) is 28.7 Å². The average Bonchev–Trinajstić information content (AvgIpc) is 2.46. The number of hydrogen-bond donors (Lipinski definition) is 2. The highest BCUT2D eigenvalue weighted by Gasteiger charge is 2.18. The van der Waals surface area contributed by atoms with Crippen molar-refractivity contribution in [2.24, 2.45) is 5.73 Å². The Morgan fingerprint density at radius 1 is 1.25 bits per heavy atom. The second-order valence-electron chi connectivity index (χ2n) is 5.17. The van der Waals surface area contributed by atoms with Crippen LogP contribution in [0.5, 0.6) is 0 Å². The fraction of sp³-hybridized carbons (Fsp3) is 0.533. The molecule has 1 fully saturated rings. The van der Waals surface area contributed by atoms with Crippen molar-refractivity contribution in [2.75, 3.05) is 13.2 Å². The Hall–Kier alpha value is -0.910. The Morgan fingerprint density at radius 3 is 2.55 bits per heavy atom. The van der Waals surface area contributed by atoms with E-state index in [-0.39, 0.29) is 5.91 Å². The highest BCUT2D eigenvalue weighted by Crippen LogP contribution is 2.19. The number of halogens is 1. The van der Waals surface area contributed by atoms with Crippen molar-refractivity contribution in [3.05, 3.63) is 34.3 Å². The fourth-order valence-corrected chi connectivity index (χ4v) is 2.61. The maximum Gasteiger partial charge on any atom is 0.251 e. The van der Waals surface area contributed by atoms with Crippen molar-refractivity contribution < 1.29 is 9.53 Å². The van der Waals surface area contributed by atoms with E-state index in [1.807, 2.05) is 12.1 Å². The van der Waals surface area contributed by atoms with Gasteiger partial charge in [0.1, 0.15) is 0 Å². The molecule has 1 aliphatic rings. The third kappa shape index (κ3) is 4.89. The number of hydrogen-bond acceptors (Lipinski definition) is 3. The molecule has 20 heavy (non-hydrogen) atoms. The maximum atomic E-state index is 11.9. The lowest BCUT2D eigenvalue weighted by molar-refractivity contribution is 0.0267. The highest BCUT2D eigenvalue weighted by molar-refractivity contribution is 9.10. The number of carbonyl (C=O) groups is 1. The normalized spacial score (nSPS) is 22.5. The van der Waals surface area contributed by atoms with Gasteiger partial charge in [0.15, 0.2) is 0 Å². The summed E-state index contributed by atoms with van der Waals surface area (Å²) in [5.74, 6) is -0.0632. The number of nitrogens with two attached hydrogens (primary N) is 1. The first-order chi connectivity index (χ1) is 9.65. The smallest absolute Gasteiger partial charge is 0.251 e. The quantitative estimate of drug-likeness (QED) is 0.809. The molecule has 2 rings (SSSR count). The van der Waals surface area contributed by atoms with Gasteiger partial charge in [0.25, 0.3) is 5.91 Å². The van der Waals surface area contributed by atoms with E-state index in [1.165, 1.54) is 0 Å². The van der Waals surface area contributed by atoms with Crippen LogP contribution in [0, 0.1) is 0 Å². The molecule has 0 radical (unpaired) electrons. The number of carbonyl (C=O) groups excluding carboxylic acids is 1. The van der Waals surface area contributed by atoms with Crippen LogP contribution in [-0.4, -0.2) is 31.2 Å². The van der Waals surface area contributed by atoms with Gasteiger partial charge in [-0.1, -0.05) is 15.9 Å². The van der Waals surface area contributed by atoms with Crippen molar-refractivity contribution in [1.82, 2.24) is 5.32 Å². The number of benzene rings is 1. The number of ether oxygens (including phenoxy) is 1. The van der Waals surface area contributed by atoms with Crippen molar-refractivity contribution in [3.8, 4) is 0 Å². The largest absolute Gasteiger partial charge is 0.376 e. The third-order valence-corrected chi connectivity index (χ3v) is 4.10. The summed E-state index contributed by atoms with van der Waals surface area (Å²) in [7, 11) is 0. The first-order valence-electron chi connectivity index (χ1n) is 7.06. The van der Waals surface area contributed by atoms with Crippen molar-refractivity contribution in [3.63, 3.8) is 0 Å². The van der Waals surface area contributed by atoms with Crippen molar-refractivity contribution in [2.45, 2.75) is 37.8 Å². The van der Waals surface area contributed by atoms with Gasteiger partial charge in [0.2, 0.25) is 0 Å². The zero-order valence-electron chi connectivity index (χ0n) is 11.5. The minimum Gasteiger partial charge on any atom is -0.376 e. The molecule has 0 spiro atoms. The maximum absolute atomic E-state index is 11.9. The number of rotatable bonds is 5. The molecule has 1 aromatic carbocycles. The molecule has 110 valence electrons. The van der Waals surface area contributed by atoms with Crippen molar-refractivity contribution >= 4 is 21.8 Å². The Morgan fingerprint density at radius 2 is 1.90 bits per heavy atom. The molecule has 1 aromatic rings. The lowest BCUT2D eigenvalue weighted by Crippen LogP contribution is -2.33. The van der Waals surface area contributed by atoms with Crippen LogP contribution in [0.3, 0.4) is 0 Å². The van der Waals surface area contributed by atoms with Crippen LogP contribution in [0.25, 0.3) is 0 Å². The molecule has 1 aliphatic carbocycles. The first kappa shape index (κ1) is 15.5. The van der Waals surface area contributed by atoms with E-state index in [2.05, 4.69) is 21.2 Å². The van der Waals surface area contributed by atoms with E-state index in [0.717, 1.165) is 30.2 Å². The van der Waals surface area contributed by atoms with Crippen LogP contribution in [-0.2, 0) is 4.74 Å². The molecular formula is C15H21BrN2O2. The van der Waals surface area contributed by atoms with Gasteiger partial charge in [-0.25, -0.2) is 0 Å². The van der Waals surface area contributed by atoms with Crippen LogP contribution in [0.4, 0.5) is 0 Å². The molecule has 1 amide bonds. The molecule has 5 heteroatoms. The fourth-order valence-electron chi connectivity index (χ4n) is 2.35. The summed E-state index contributed by atoms with van der Waals surface area (Å²) in [5, 5.41) is 2.86. The second-order valence-corrected chi connectivity index (χ2v) is 6.09. The van der Waals surface area contributed by atoms with Crippen LogP contribution in [0.2, 0.25) is 0 Å². The minimum atomic E-state index is -0.0632. The molecular weight excluding hydrogens is 320 g/mol. The summed E-state index contributed by atoms with van der Waals surface area (Å²) in [6, 6.07) is 7.64. The van der Waals surface area contributed by atoms with Gasteiger partial charge < -0.3 is 15.8 Å². The highest BCUT2D eigenvalue weighted by atomic mass is 79.9. The van der Waals surface area contributed by atoms with Crippen LogP contribution in [0.1, 0.15) is 36.0 Å². The molecule has 1 saturated carbocycles. The molecule has 0 atom stereocenters. The van der Waals surface area contributed by atoms with Gasteiger partial charge in [-0.3, -0.25) is 4.79 Å². The molecule has 0 unspecified atom stereocenters. The zero-order valence-corrected chi connectivity index (χ0v) is 13.1. The zero-order chi connectivity index (χ0) is 14.4. The van der Waals surface area contributed by atoms with Crippen molar-refractivity contribution in [1.29, 1.82) is 0 Å². The van der Waals surface area contributed by atoms with E-state index in [4.69, 9.17) is 10.5 Å². The monoisotopic (exact) mass is 340 g/mol. The summed E-state index contributed by atoms with van der Waals surface area (Å²) >= 11 is 3.35. The summed E-state index contributed by atoms with van der Waals surface area (Å²) in [5.41, 5.74) is 6.51. The van der Waals surface area contributed by atoms with E-state index in [1.54, 1.807) is 12.1 Å². The minimum absolute atomic E-state index is 0.0632. The summed E-state index contributed by atoms with van der Waals surface area (Å²) in [6.45, 7) is 1.10. The number of nitrogens with one attached hydrogen (secondary N) is 1. The van der Waals surface area contributed by atoms with Crippen LogP contribution >= 0.6 is 15.9 Å². The Kier molecular flexibility index (Phi) is 6.01. The summed E-state index contributed by atoms with van der Waals surface area (Å²) < 4.78 is 6.72. The van der Waals surface area contributed by atoms with E-state index in [0.29, 0.717) is 30.9 Å². The van der Waals surface area contributed by atoms with Gasteiger partial charge in [0, 0.05) is 22.6 Å². The second kappa shape index (κ2) is 7.76. The Balaban J connectivity index is 1.63. The third-order valence-electron chi connectivity index (χ3n) is 3.57. The lowest BCUT2D eigenvalue weighted by atomic mass is 9.94. The van der Waals surface area contributed by atoms with E-state index < -0.39 is 0 Å². The summed E-state index contributed by atoms with van der Waals surface area (Å²) in [6.07, 6.45) is 4.44. The Labute approximate surface area is 128 Å². The van der Waals surface area contributed by atoms with E-state index >= 15 is 0 Å². The Bertz CT molecular complexity index is 428. The SMILES string of the molecule is NC1CCC(OCCNC(=O)c2ccc(Br)cc2)CC1. The molecule has 4 nitrogen and oxygen atoms in total. The first-order valence-corrected chi connectivity index (χ1v) is 7.85. The topological polar surface area (TPSA) is 64.3 Å².